The van der Waals surface area contributed by atoms with Gasteiger partial charge in [-0.25, -0.2) is 0 Å². The summed E-state index contributed by atoms with van der Waals surface area (Å²) in [6.45, 7) is 0. The van der Waals surface area contributed by atoms with Gasteiger partial charge in [0.15, 0.2) is 0 Å². The second-order valence-corrected chi connectivity index (χ2v) is 36.2. The topological polar surface area (TPSA) is 6.48 Å². The molecule has 0 fully saturated rings. The molecule has 4 heteroatoms. The minimum Gasteiger partial charge on any atom is -0.310 e. The molecule has 26 rings (SSSR count). The summed E-state index contributed by atoms with van der Waals surface area (Å²) in [5.41, 5.74) is 31.2. The molecule has 0 heterocycles. The van der Waals surface area contributed by atoms with Gasteiger partial charge in [-0.05, 0) is 244 Å². The average molecular weight is 1790 g/mol. The molecule has 0 atom stereocenters. The predicted molar refractivity (Wildman–Crippen MR) is 553 cm³/mol. The number of fused-ring (bicyclic) bond motifs is 9. The van der Waals surface area contributed by atoms with Gasteiger partial charge in [0.05, 0.1) is 27.6 Å². The number of halogens is 2. The van der Waals surface area contributed by atoms with Crippen molar-refractivity contribution < 1.29 is 0 Å². The van der Waals surface area contributed by atoms with Crippen molar-refractivity contribution in [2.75, 3.05) is 9.80 Å². The van der Waals surface area contributed by atoms with Crippen LogP contribution in [0.15, 0.2) is 506 Å². The Morgan fingerprint density at radius 3 is 0.754 bits per heavy atom. The molecule has 0 spiro atoms. The highest BCUT2D eigenvalue weighted by Crippen LogP contribution is 2.61. The maximum absolute atomic E-state index is 3.65. The van der Waals surface area contributed by atoms with Crippen molar-refractivity contribution in [3.8, 4) is 33.4 Å². The molecular formula is C126H84Br2N2. The standard InChI is InChI=1S/C78H52N2.C32H24.C16H8Br2/c1-5-23-55(24-6-1)77(69-39-17-13-35-63(69)64-36-14-18-40-70(64)77)57-27-21-33-61(51-57)79(59-29-9-3-10-30-59)73-49-45-53-44-48-68-74(50-46-54-43-47-67(73)75(53)76(54)68)80(60-31-11-4-12-32-60)62-34-22-28-58(52-62)78(56-25-7-2-8-26-56)71-41-19-15-37-65(71)66-38-16-20-42-72(66)78;1-3-12-24(13-4-1)22-25-14-11-17-27(23-25)32(26-15-5-2-6-16-26)30-20-9-7-18-28(30)29-19-8-10-21-31(29)32;17-13-8-4-10-2-6-12-14(18)7-3-9-1-5-11(13)16(10)15(9)12/h1-52H;1-21,23H,22H2;1-8H. The lowest BCUT2D eigenvalue weighted by Crippen LogP contribution is -2.28. The second-order valence-electron chi connectivity index (χ2n) is 34.5. The van der Waals surface area contributed by atoms with Crippen molar-refractivity contribution in [3.05, 3.63) is 584 Å². The minimum absolute atomic E-state index is 0.318. The van der Waals surface area contributed by atoms with Gasteiger partial charge in [0.25, 0.3) is 0 Å². The Bertz CT molecular complexity index is 7730. The number of hydrogen-bond donors (Lipinski definition) is 0. The zero-order chi connectivity index (χ0) is 86.4. The molecule has 612 valence electrons. The smallest absolute Gasteiger partial charge is 0.0714 e. The van der Waals surface area contributed by atoms with Gasteiger partial charge in [-0.15, -0.1) is 0 Å². The van der Waals surface area contributed by atoms with E-state index in [1.807, 2.05) is 0 Å². The van der Waals surface area contributed by atoms with Crippen LogP contribution in [0.25, 0.3) is 98.0 Å². The summed E-state index contributed by atoms with van der Waals surface area (Å²) in [5, 5.41) is 15.2. The molecule has 0 aromatic heterocycles. The van der Waals surface area contributed by atoms with Crippen molar-refractivity contribution in [1.29, 1.82) is 0 Å². The van der Waals surface area contributed by atoms with E-state index < -0.39 is 10.8 Å². The summed E-state index contributed by atoms with van der Waals surface area (Å²) >= 11 is 7.30. The first kappa shape index (κ1) is 78.2. The lowest BCUT2D eigenvalue weighted by molar-refractivity contribution is 0.766. The van der Waals surface area contributed by atoms with E-state index in [1.165, 1.54) is 176 Å². The number of benzene rings is 23. The maximum atomic E-state index is 3.65. The van der Waals surface area contributed by atoms with Gasteiger partial charge < -0.3 is 9.80 Å². The third-order valence-electron chi connectivity index (χ3n) is 27.9. The van der Waals surface area contributed by atoms with Crippen LogP contribution in [0.4, 0.5) is 34.1 Å². The molecule has 23 aromatic carbocycles. The fraction of sp³-hybridized carbons (Fsp3) is 0.0317. The maximum Gasteiger partial charge on any atom is 0.0714 e. The molecule has 23 aromatic rings. The molecule has 0 saturated heterocycles. The quantitative estimate of drug-likeness (QED) is 0.100. The summed E-state index contributed by atoms with van der Waals surface area (Å²) < 4.78 is 2.31. The second kappa shape index (κ2) is 32.2. The Labute approximate surface area is 774 Å². The van der Waals surface area contributed by atoms with Crippen molar-refractivity contribution in [2.45, 2.75) is 22.7 Å². The van der Waals surface area contributed by atoms with Crippen molar-refractivity contribution in [1.82, 2.24) is 0 Å². The van der Waals surface area contributed by atoms with Crippen LogP contribution in [0.5, 0.6) is 0 Å². The van der Waals surface area contributed by atoms with Gasteiger partial charge >= 0.3 is 0 Å². The molecule has 0 saturated carbocycles. The van der Waals surface area contributed by atoms with Gasteiger partial charge in [-0.1, -0.05) is 457 Å². The van der Waals surface area contributed by atoms with Crippen LogP contribution in [0, 0.1) is 0 Å². The number of rotatable bonds is 14. The van der Waals surface area contributed by atoms with E-state index in [0.29, 0.717) is 0 Å². The van der Waals surface area contributed by atoms with E-state index >= 15 is 0 Å². The zero-order valence-corrected chi connectivity index (χ0v) is 74.4. The summed E-state index contributed by atoms with van der Waals surface area (Å²) in [7, 11) is 0. The van der Waals surface area contributed by atoms with Gasteiger partial charge in [0, 0.05) is 42.5 Å². The van der Waals surface area contributed by atoms with E-state index in [0.717, 1.165) is 49.5 Å². The minimum atomic E-state index is -0.537. The molecule has 0 amide bonds. The highest BCUT2D eigenvalue weighted by molar-refractivity contribution is 9.11. The SMILES string of the molecule is Brc1ccc2ccc3c(Br)ccc4ccc1c2c43.c1ccc(Cc2cccc(C3(c4ccccc4)c4ccccc4-c4ccccc43)c2)cc1.c1ccc(N(c2cccc(C3(c4ccccc4)c4ccccc4-c4ccccc43)c2)c2ccc3ccc4c(N(c5ccccc5)c5cccc(C6(c7ccccc7)c7ccccc7-c7ccccc76)c5)ccc5ccc2c3c54)cc1. The number of hydrogen-bond acceptors (Lipinski definition) is 2. The Kier molecular flexibility index (Phi) is 19.4. The predicted octanol–water partition coefficient (Wildman–Crippen LogP) is 34.0. The molecule has 0 bridgehead atoms. The molecule has 3 aliphatic rings. The number of para-hydroxylation sites is 2. The summed E-state index contributed by atoms with van der Waals surface area (Å²) in [5.74, 6) is 0. The van der Waals surface area contributed by atoms with Gasteiger partial charge in [0.1, 0.15) is 0 Å². The highest BCUT2D eigenvalue weighted by atomic mass is 79.9. The molecule has 0 aliphatic heterocycles. The largest absolute Gasteiger partial charge is 0.310 e. The molecule has 3 aliphatic carbocycles. The molecular weight excluding hydrogens is 1700 g/mol. The summed E-state index contributed by atoms with van der Waals surface area (Å²) in [6, 6.07) is 184. The van der Waals surface area contributed by atoms with E-state index in [1.54, 1.807) is 0 Å². The first-order chi connectivity index (χ1) is 64.3. The van der Waals surface area contributed by atoms with E-state index in [4.69, 9.17) is 0 Å². The van der Waals surface area contributed by atoms with E-state index in [2.05, 4.69) is 539 Å². The van der Waals surface area contributed by atoms with E-state index in [9.17, 15) is 0 Å². The zero-order valence-electron chi connectivity index (χ0n) is 71.2. The van der Waals surface area contributed by atoms with Crippen LogP contribution >= 0.6 is 31.9 Å². The number of nitrogens with zero attached hydrogens (tertiary/aromatic N) is 2. The third-order valence-corrected chi connectivity index (χ3v) is 29.2. The average Bonchev–Trinajstić information content (AvgIpc) is 1.53. The molecule has 0 radical (unpaired) electrons. The van der Waals surface area contributed by atoms with Crippen LogP contribution in [-0.4, -0.2) is 0 Å². The first-order valence-electron chi connectivity index (χ1n) is 44.9. The Balaban J connectivity index is 0.000000151. The van der Waals surface area contributed by atoms with Crippen molar-refractivity contribution >= 4 is 131 Å². The van der Waals surface area contributed by atoms with Crippen molar-refractivity contribution in [3.63, 3.8) is 0 Å². The fourth-order valence-corrected chi connectivity index (χ4v) is 23.5. The Hall–Kier alpha value is -15.3. The number of anilines is 6. The van der Waals surface area contributed by atoms with Crippen LogP contribution in [0.3, 0.4) is 0 Å². The molecule has 2 nitrogen and oxygen atoms in total. The van der Waals surface area contributed by atoms with Gasteiger partial charge in [-0.2, -0.15) is 0 Å². The van der Waals surface area contributed by atoms with Crippen LogP contribution < -0.4 is 9.80 Å². The molecule has 0 unspecified atom stereocenters. The van der Waals surface area contributed by atoms with Crippen LogP contribution in [0.1, 0.15) is 77.9 Å². The molecule has 0 N–H and O–H groups in total. The highest BCUT2D eigenvalue weighted by Gasteiger charge is 2.49. The van der Waals surface area contributed by atoms with Gasteiger partial charge in [-0.3, -0.25) is 0 Å². The lowest BCUT2D eigenvalue weighted by atomic mass is 9.67. The van der Waals surface area contributed by atoms with Crippen LogP contribution in [-0.2, 0) is 22.7 Å². The summed E-state index contributed by atoms with van der Waals surface area (Å²) in [6.07, 6.45) is 0.933. The third kappa shape index (κ3) is 12.4. The normalized spacial score (nSPS) is 13.2. The monoisotopic (exact) mass is 1780 g/mol. The van der Waals surface area contributed by atoms with Crippen LogP contribution in [0.2, 0.25) is 0 Å². The first-order valence-corrected chi connectivity index (χ1v) is 46.4. The van der Waals surface area contributed by atoms with Crippen molar-refractivity contribution in [2.24, 2.45) is 0 Å². The summed E-state index contributed by atoms with van der Waals surface area (Å²) in [4.78, 5) is 4.96. The lowest BCUT2D eigenvalue weighted by Gasteiger charge is -2.35. The molecule has 130 heavy (non-hydrogen) atoms. The van der Waals surface area contributed by atoms with E-state index in [-0.39, 0.29) is 5.41 Å². The van der Waals surface area contributed by atoms with Gasteiger partial charge in [0.2, 0.25) is 0 Å². The fourth-order valence-electron chi connectivity index (χ4n) is 22.5. The Morgan fingerprint density at radius 2 is 0.415 bits per heavy atom. The Morgan fingerprint density at radius 1 is 0.177 bits per heavy atom.